The van der Waals surface area contributed by atoms with Gasteiger partial charge >= 0.3 is 0 Å². The highest BCUT2D eigenvalue weighted by molar-refractivity contribution is 5.52. The Morgan fingerprint density at radius 3 is 2.82 bits per heavy atom. The first kappa shape index (κ1) is 14.0. The summed E-state index contributed by atoms with van der Waals surface area (Å²) in [5.41, 5.74) is 1.21. The van der Waals surface area contributed by atoms with Gasteiger partial charge in [0.05, 0.1) is 24.7 Å². The fraction of sp³-hybridized carbons (Fsp3) is 0.133. The van der Waals surface area contributed by atoms with Crippen LogP contribution in [-0.2, 0) is 0 Å². The molecule has 0 aliphatic heterocycles. The van der Waals surface area contributed by atoms with Gasteiger partial charge in [0.2, 0.25) is 0 Å². The zero-order valence-corrected chi connectivity index (χ0v) is 11.7. The number of aromatic nitrogens is 4. The molecule has 3 rings (SSSR count). The fourth-order valence-electron chi connectivity index (χ4n) is 2.09. The highest BCUT2D eigenvalue weighted by Crippen LogP contribution is 2.25. The molecule has 0 aliphatic rings. The van der Waals surface area contributed by atoms with E-state index in [1.807, 2.05) is 0 Å². The Labute approximate surface area is 126 Å². The molecule has 2 heterocycles. The lowest BCUT2D eigenvalue weighted by Gasteiger charge is -2.13. The van der Waals surface area contributed by atoms with E-state index in [4.69, 9.17) is 9.84 Å². The predicted octanol–water partition coefficient (Wildman–Crippen LogP) is 0.789. The van der Waals surface area contributed by atoms with Crippen LogP contribution < -0.4 is 10.3 Å². The summed E-state index contributed by atoms with van der Waals surface area (Å²) in [5.74, 6) is 0.507. The van der Waals surface area contributed by atoms with Crippen molar-refractivity contribution in [3.05, 3.63) is 65.3 Å². The average Bonchev–Trinajstić information content (AvgIpc) is 3.07. The van der Waals surface area contributed by atoms with E-state index in [9.17, 15) is 4.79 Å². The number of benzene rings is 1. The maximum atomic E-state index is 11.9. The van der Waals surface area contributed by atoms with Gasteiger partial charge in [-0.3, -0.25) is 9.36 Å². The molecule has 2 aromatic heterocycles. The summed E-state index contributed by atoms with van der Waals surface area (Å²) >= 11 is 0. The van der Waals surface area contributed by atoms with Gasteiger partial charge in [-0.2, -0.15) is 0 Å². The van der Waals surface area contributed by atoms with Crippen LogP contribution >= 0.6 is 0 Å². The molecule has 0 spiro atoms. The van der Waals surface area contributed by atoms with Gasteiger partial charge in [-0.1, -0.05) is 11.3 Å². The minimum atomic E-state index is -0.135. The molecule has 0 atom stereocenters. The zero-order valence-electron chi connectivity index (χ0n) is 11.7. The molecule has 0 bridgehead atoms. The molecule has 0 saturated heterocycles. The number of pyridine rings is 1. The van der Waals surface area contributed by atoms with Crippen LogP contribution in [0.25, 0.3) is 11.4 Å². The summed E-state index contributed by atoms with van der Waals surface area (Å²) in [6.45, 7) is 0.0428. The fourth-order valence-corrected chi connectivity index (χ4v) is 2.09. The lowest BCUT2D eigenvalue weighted by molar-refractivity contribution is 0.201. The van der Waals surface area contributed by atoms with Gasteiger partial charge in [-0.25, -0.2) is 4.68 Å². The van der Waals surface area contributed by atoms with Gasteiger partial charge in [0.1, 0.15) is 18.0 Å². The highest BCUT2D eigenvalue weighted by atomic mass is 16.5. The van der Waals surface area contributed by atoms with Gasteiger partial charge < -0.3 is 9.84 Å². The van der Waals surface area contributed by atoms with Crippen LogP contribution in [0, 0.1) is 0 Å². The quantitative estimate of drug-likeness (QED) is 0.753. The largest absolute Gasteiger partial charge is 0.489 e. The van der Waals surface area contributed by atoms with E-state index in [1.54, 1.807) is 53.6 Å². The maximum absolute atomic E-state index is 11.9. The van der Waals surface area contributed by atoms with Crippen molar-refractivity contribution in [2.45, 2.75) is 0 Å². The topological polar surface area (TPSA) is 82.2 Å². The van der Waals surface area contributed by atoms with Gasteiger partial charge in [0.15, 0.2) is 0 Å². The molecule has 0 aliphatic carbocycles. The average molecular weight is 298 g/mol. The first-order chi connectivity index (χ1) is 10.8. The Morgan fingerprint density at radius 1 is 1.18 bits per heavy atom. The van der Waals surface area contributed by atoms with E-state index in [0.717, 1.165) is 0 Å². The van der Waals surface area contributed by atoms with E-state index in [1.165, 1.54) is 10.6 Å². The molecule has 0 saturated carbocycles. The summed E-state index contributed by atoms with van der Waals surface area (Å²) in [5, 5.41) is 16.7. The third-order valence-electron chi connectivity index (χ3n) is 3.06. The maximum Gasteiger partial charge on any atom is 0.255 e. The summed E-state index contributed by atoms with van der Waals surface area (Å²) in [7, 11) is 0. The smallest absolute Gasteiger partial charge is 0.255 e. The number of nitrogens with zero attached hydrogens (tertiary/aromatic N) is 4. The monoisotopic (exact) mass is 298 g/mol. The van der Waals surface area contributed by atoms with Crippen molar-refractivity contribution in [3.63, 3.8) is 0 Å². The Balaban J connectivity index is 2.08. The predicted molar refractivity (Wildman–Crippen MR) is 79.5 cm³/mol. The van der Waals surface area contributed by atoms with Gasteiger partial charge in [-0.15, -0.1) is 5.10 Å². The number of ether oxygens (including phenoxy) is 1. The Morgan fingerprint density at radius 2 is 2.09 bits per heavy atom. The minimum Gasteiger partial charge on any atom is -0.489 e. The standard InChI is InChI=1S/C15H14N4O3/c20-9-10-22-14-11-12(18-7-2-1-3-15(18)21)4-5-13(14)19-8-6-16-17-19/h1-8,11,20H,9-10H2. The van der Waals surface area contributed by atoms with Gasteiger partial charge in [0.25, 0.3) is 5.56 Å². The Kier molecular flexibility index (Phi) is 3.97. The molecule has 0 amide bonds. The van der Waals surface area contributed by atoms with Crippen LogP contribution in [0.1, 0.15) is 0 Å². The van der Waals surface area contributed by atoms with Crippen LogP contribution in [-0.4, -0.2) is 37.9 Å². The van der Waals surface area contributed by atoms with E-state index in [0.29, 0.717) is 17.1 Å². The van der Waals surface area contributed by atoms with Crippen molar-refractivity contribution in [1.82, 2.24) is 19.6 Å². The molecule has 1 N–H and O–H groups in total. The van der Waals surface area contributed by atoms with Gasteiger partial charge in [-0.05, 0) is 18.2 Å². The number of aliphatic hydroxyl groups is 1. The summed E-state index contributed by atoms with van der Waals surface area (Å²) in [4.78, 5) is 11.9. The van der Waals surface area contributed by atoms with Crippen LogP contribution in [0.3, 0.4) is 0 Å². The summed E-state index contributed by atoms with van der Waals surface area (Å²) in [6, 6.07) is 10.3. The van der Waals surface area contributed by atoms with Crippen molar-refractivity contribution in [2.75, 3.05) is 13.2 Å². The molecule has 7 heteroatoms. The molecule has 112 valence electrons. The van der Waals surface area contributed by atoms with Crippen molar-refractivity contribution < 1.29 is 9.84 Å². The van der Waals surface area contributed by atoms with E-state index < -0.39 is 0 Å². The van der Waals surface area contributed by atoms with E-state index in [2.05, 4.69) is 10.3 Å². The molecule has 0 unspecified atom stereocenters. The van der Waals surface area contributed by atoms with Crippen molar-refractivity contribution >= 4 is 0 Å². The number of hydrogen-bond acceptors (Lipinski definition) is 5. The molecule has 22 heavy (non-hydrogen) atoms. The van der Waals surface area contributed by atoms with Crippen LogP contribution in [0.2, 0.25) is 0 Å². The molecular formula is C15H14N4O3. The summed E-state index contributed by atoms with van der Waals surface area (Å²) in [6.07, 6.45) is 4.93. The van der Waals surface area contributed by atoms with Crippen molar-refractivity contribution in [3.8, 4) is 17.1 Å². The van der Waals surface area contributed by atoms with Crippen molar-refractivity contribution in [2.24, 2.45) is 0 Å². The van der Waals surface area contributed by atoms with E-state index >= 15 is 0 Å². The van der Waals surface area contributed by atoms with Crippen molar-refractivity contribution in [1.29, 1.82) is 0 Å². The molecule has 7 nitrogen and oxygen atoms in total. The third kappa shape index (κ3) is 2.75. The molecule has 0 fully saturated rings. The second kappa shape index (κ2) is 6.23. The van der Waals surface area contributed by atoms with Crippen LogP contribution in [0.15, 0.2) is 59.8 Å². The first-order valence-electron chi connectivity index (χ1n) is 6.72. The SMILES string of the molecule is O=c1ccccn1-c1ccc(-n2ccnn2)c(OCCO)c1. The van der Waals surface area contributed by atoms with Crippen LogP contribution in [0.5, 0.6) is 5.75 Å². The zero-order chi connectivity index (χ0) is 15.4. The molecule has 0 radical (unpaired) electrons. The molecule has 1 aromatic carbocycles. The Hall–Kier alpha value is -2.93. The molecular weight excluding hydrogens is 284 g/mol. The molecule has 3 aromatic rings. The second-order valence-electron chi connectivity index (χ2n) is 4.48. The van der Waals surface area contributed by atoms with Gasteiger partial charge in [0, 0.05) is 18.3 Å². The summed E-state index contributed by atoms with van der Waals surface area (Å²) < 4.78 is 8.63. The Bertz CT molecular complexity index is 812. The van der Waals surface area contributed by atoms with Crippen LogP contribution in [0.4, 0.5) is 0 Å². The lowest BCUT2D eigenvalue weighted by Crippen LogP contribution is -2.16. The lowest BCUT2D eigenvalue weighted by atomic mass is 10.2. The number of hydrogen-bond donors (Lipinski definition) is 1. The normalized spacial score (nSPS) is 10.6. The number of aliphatic hydroxyl groups excluding tert-OH is 1. The van der Waals surface area contributed by atoms with E-state index in [-0.39, 0.29) is 18.8 Å². The highest BCUT2D eigenvalue weighted by Gasteiger charge is 2.10. The third-order valence-corrected chi connectivity index (χ3v) is 3.06. The first-order valence-corrected chi connectivity index (χ1v) is 6.72. The number of rotatable bonds is 5. The minimum absolute atomic E-state index is 0.105. The second-order valence-corrected chi connectivity index (χ2v) is 4.48.